The fourth-order valence-electron chi connectivity index (χ4n) is 3.73. The third kappa shape index (κ3) is 3.47. The fraction of sp³-hybridized carbons (Fsp3) is 0.167. The summed E-state index contributed by atoms with van der Waals surface area (Å²) in [5, 5.41) is 0. The molecule has 0 saturated carbocycles. The van der Waals surface area contributed by atoms with Crippen LogP contribution in [0.5, 0.6) is 0 Å². The van der Waals surface area contributed by atoms with Gasteiger partial charge in [0, 0.05) is 10.0 Å². The van der Waals surface area contributed by atoms with Crippen molar-refractivity contribution in [2.24, 2.45) is 0 Å². The Morgan fingerprint density at radius 1 is 0.862 bits per heavy atom. The first-order chi connectivity index (χ1) is 13.9. The zero-order chi connectivity index (χ0) is 20.6. The Morgan fingerprint density at radius 3 is 2.10 bits per heavy atom. The van der Waals surface area contributed by atoms with Gasteiger partial charge in [-0.25, -0.2) is 0 Å². The van der Waals surface area contributed by atoms with E-state index in [0.717, 1.165) is 21.4 Å². The average Bonchev–Trinajstić information content (AvgIpc) is 2.72. The molecule has 4 nitrogen and oxygen atoms in total. The molecule has 0 aromatic heterocycles. The highest BCUT2D eigenvalue weighted by molar-refractivity contribution is 9.10. The lowest BCUT2D eigenvalue weighted by Crippen LogP contribution is -2.62. The van der Waals surface area contributed by atoms with E-state index in [1.807, 2.05) is 66.7 Å². The van der Waals surface area contributed by atoms with Gasteiger partial charge in [0.2, 0.25) is 0 Å². The summed E-state index contributed by atoms with van der Waals surface area (Å²) in [6.45, 7) is 4.07. The molecule has 146 valence electrons. The van der Waals surface area contributed by atoms with Gasteiger partial charge in [-0.15, -0.1) is 0 Å². The van der Waals surface area contributed by atoms with Gasteiger partial charge >= 0.3 is 0 Å². The van der Waals surface area contributed by atoms with Gasteiger partial charge in [-0.3, -0.25) is 14.5 Å². The van der Waals surface area contributed by atoms with Crippen molar-refractivity contribution >= 4 is 39.1 Å². The molecule has 1 aliphatic rings. The number of carbonyl (C=O) groups is 2. The molecule has 0 radical (unpaired) electrons. The van der Waals surface area contributed by atoms with E-state index in [2.05, 4.69) is 15.9 Å². The molecule has 2 amide bonds. The van der Waals surface area contributed by atoms with E-state index in [0.29, 0.717) is 12.1 Å². The van der Waals surface area contributed by atoms with Gasteiger partial charge < -0.3 is 4.90 Å². The van der Waals surface area contributed by atoms with Crippen LogP contribution in [0.15, 0.2) is 83.3 Å². The molecule has 0 atom stereocenters. The minimum Gasteiger partial charge on any atom is -0.304 e. The van der Waals surface area contributed by atoms with Crippen molar-refractivity contribution in [3.05, 3.63) is 94.5 Å². The number of nitrogens with zero attached hydrogens (tertiary/aromatic N) is 2. The van der Waals surface area contributed by atoms with E-state index in [1.54, 1.807) is 35.8 Å². The predicted molar refractivity (Wildman–Crippen MR) is 119 cm³/mol. The van der Waals surface area contributed by atoms with Gasteiger partial charge in [0.05, 0.1) is 17.9 Å². The number of hydrogen-bond acceptors (Lipinski definition) is 2. The lowest BCUT2D eigenvalue weighted by atomic mass is 9.93. The van der Waals surface area contributed by atoms with E-state index in [9.17, 15) is 9.59 Å². The number of hydrogen-bond donors (Lipinski definition) is 0. The molecule has 1 heterocycles. The quantitative estimate of drug-likeness (QED) is 0.536. The van der Waals surface area contributed by atoms with Crippen molar-refractivity contribution in [1.29, 1.82) is 0 Å². The Hall–Kier alpha value is -2.92. The molecule has 0 bridgehead atoms. The highest BCUT2D eigenvalue weighted by atomic mass is 79.9. The number of halogens is 1. The van der Waals surface area contributed by atoms with Crippen molar-refractivity contribution in [1.82, 2.24) is 0 Å². The minimum atomic E-state index is -1.02. The Morgan fingerprint density at radius 2 is 1.45 bits per heavy atom. The summed E-state index contributed by atoms with van der Waals surface area (Å²) >= 11 is 3.40. The van der Waals surface area contributed by atoms with Crippen LogP contribution in [-0.2, 0) is 11.3 Å². The maximum absolute atomic E-state index is 13.5. The van der Waals surface area contributed by atoms with Gasteiger partial charge in [0.15, 0.2) is 0 Å². The average molecular weight is 449 g/mol. The molecule has 0 N–H and O–H groups in total. The van der Waals surface area contributed by atoms with E-state index in [4.69, 9.17) is 0 Å². The number of para-hydroxylation sites is 2. The summed E-state index contributed by atoms with van der Waals surface area (Å²) < 4.78 is 0.900. The Bertz CT molecular complexity index is 1060. The van der Waals surface area contributed by atoms with Gasteiger partial charge in [0.1, 0.15) is 5.54 Å². The SMILES string of the molecule is CC1(C)C(=O)N(Cc2ccccc2)c2ccccc2N1C(=O)c1ccc(Br)cc1. The highest BCUT2D eigenvalue weighted by Crippen LogP contribution is 2.42. The number of benzene rings is 3. The van der Waals surface area contributed by atoms with Crippen LogP contribution in [0.3, 0.4) is 0 Å². The maximum Gasteiger partial charge on any atom is 0.259 e. The molecule has 3 aromatic carbocycles. The Balaban J connectivity index is 1.80. The molecule has 0 saturated heterocycles. The molecule has 3 aromatic rings. The van der Waals surface area contributed by atoms with Crippen LogP contribution in [0.25, 0.3) is 0 Å². The summed E-state index contributed by atoms with van der Waals surface area (Å²) in [6, 6.07) is 24.7. The number of carbonyl (C=O) groups excluding carboxylic acids is 2. The Labute approximate surface area is 178 Å². The van der Waals surface area contributed by atoms with Crippen LogP contribution in [0.4, 0.5) is 11.4 Å². The topological polar surface area (TPSA) is 40.6 Å². The van der Waals surface area contributed by atoms with E-state index in [1.165, 1.54) is 0 Å². The zero-order valence-corrected chi connectivity index (χ0v) is 17.9. The van der Waals surface area contributed by atoms with Crippen LogP contribution >= 0.6 is 15.9 Å². The largest absolute Gasteiger partial charge is 0.304 e. The van der Waals surface area contributed by atoms with Crippen LogP contribution in [-0.4, -0.2) is 17.4 Å². The first-order valence-corrected chi connectivity index (χ1v) is 10.2. The minimum absolute atomic E-state index is 0.106. The molecular weight excluding hydrogens is 428 g/mol. The molecule has 29 heavy (non-hydrogen) atoms. The normalized spacial score (nSPS) is 15.2. The molecule has 5 heteroatoms. The van der Waals surface area contributed by atoms with Gasteiger partial charge in [0.25, 0.3) is 11.8 Å². The van der Waals surface area contributed by atoms with Gasteiger partial charge in [-0.1, -0.05) is 58.4 Å². The number of anilines is 2. The van der Waals surface area contributed by atoms with Crippen molar-refractivity contribution in [2.75, 3.05) is 9.80 Å². The lowest BCUT2D eigenvalue weighted by Gasteiger charge is -2.46. The zero-order valence-electron chi connectivity index (χ0n) is 16.3. The monoisotopic (exact) mass is 448 g/mol. The molecule has 0 aliphatic carbocycles. The van der Waals surface area contributed by atoms with E-state index < -0.39 is 5.54 Å². The van der Waals surface area contributed by atoms with Crippen LogP contribution < -0.4 is 9.80 Å². The third-order valence-electron chi connectivity index (χ3n) is 5.22. The lowest BCUT2D eigenvalue weighted by molar-refractivity contribution is -0.123. The van der Waals surface area contributed by atoms with Crippen LogP contribution in [0, 0.1) is 0 Å². The van der Waals surface area contributed by atoms with E-state index >= 15 is 0 Å². The van der Waals surface area contributed by atoms with Crippen molar-refractivity contribution < 1.29 is 9.59 Å². The Kier molecular flexibility index (Phi) is 5.01. The summed E-state index contributed by atoms with van der Waals surface area (Å²) in [5.41, 5.74) is 2.04. The first-order valence-electron chi connectivity index (χ1n) is 9.44. The van der Waals surface area contributed by atoms with Gasteiger partial charge in [-0.05, 0) is 55.8 Å². The molecule has 0 unspecified atom stereocenters. The molecule has 1 aliphatic heterocycles. The van der Waals surface area contributed by atoms with Crippen LogP contribution in [0.1, 0.15) is 29.8 Å². The maximum atomic E-state index is 13.5. The summed E-state index contributed by atoms with van der Waals surface area (Å²) in [4.78, 5) is 30.4. The number of rotatable bonds is 3. The van der Waals surface area contributed by atoms with Crippen molar-refractivity contribution in [3.63, 3.8) is 0 Å². The highest BCUT2D eigenvalue weighted by Gasteiger charge is 2.47. The van der Waals surface area contributed by atoms with Crippen molar-refractivity contribution in [2.45, 2.75) is 25.9 Å². The summed E-state index contributed by atoms with van der Waals surface area (Å²) in [7, 11) is 0. The molecule has 0 fully saturated rings. The first kappa shape index (κ1) is 19.4. The second-order valence-electron chi connectivity index (χ2n) is 7.57. The molecular formula is C24H21BrN2O2. The third-order valence-corrected chi connectivity index (χ3v) is 5.75. The smallest absolute Gasteiger partial charge is 0.259 e. The van der Waals surface area contributed by atoms with Crippen LogP contribution in [0.2, 0.25) is 0 Å². The summed E-state index contributed by atoms with van der Waals surface area (Å²) in [6.07, 6.45) is 0. The predicted octanol–water partition coefficient (Wildman–Crippen LogP) is 5.42. The number of amides is 2. The second-order valence-corrected chi connectivity index (χ2v) is 8.49. The fourth-order valence-corrected chi connectivity index (χ4v) is 3.99. The summed E-state index contributed by atoms with van der Waals surface area (Å²) in [5.74, 6) is -0.298. The standard InChI is InChI=1S/C24H21BrN2O2/c1-24(2)23(29)26(16-17-8-4-3-5-9-17)20-10-6-7-11-21(20)27(24)22(28)18-12-14-19(25)15-13-18/h3-15H,16H2,1-2H3. The van der Waals surface area contributed by atoms with E-state index in [-0.39, 0.29) is 11.8 Å². The molecule has 4 rings (SSSR count). The number of fused-ring (bicyclic) bond motifs is 1. The van der Waals surface area contributed by atoms with Gasteiger partial charge in [-0.2, -0.15) is 0 Å². The van der Waals surface area contributed by atoms with Crippen molar-refractivity contribution in [3.8, 4) is 0 Å². The molecule has 0 spiro atoms. The second kappa shape index (κ2) is 7.48.